The molecule has 8 heteroatoms. The maximum Gasteiger partial charge on any atom is 0.280 e. The average molecular weight is 401 g/mol. The van der Waals surface area contributed by atoms with Crippen molar-refractivity contribution in [3.05, 3.63) is 68.2 Å². The molecule has 0 aromatic heterocycles. The Morgan fingerprint density at radius 2 is 1.88 bits per heavy atom. The zero-order valence-corrected chi connectivity index (χ0v) is 14.6. The lowest BCUT2D eigenvalue weighted by atomic mass is 10.1. The van der Waals surface area contributed by atoms with E-state index < -0.39 is 16.4 Å². The minimum absolute atomic E-state index is 0.316. The third-order valence-corrected chi connectivity index (χ3v) is 4.15. The van der Waals surface area contributed by atoms with E-state index in [1.54, 1.807) is 31.2 Å². The number of anilines is 1. The third kappa shape index (κ3) is 3.29. The molecule has 0 spiro atoms. The molecule has 0 unspecified atom stereocenters. The Morgan fingerprint density at radius 1 is 1.20 bits per heavy atom. The summed E-state index contributed by atoms with van der Waals surface area (Å²) in [5.74, 6) is -1.01. The molecule has 0 N–H and O–H groups in total. The minimum atomic E-state index is -0.740. The number of halogens is 1. The first-order chi connectivity index (χ1) is 11.9. The van der Waals surface area contributed by atoms with Crippen molar-refractivity contribution in [3.8, 4) is 5.75 Å². The van der Waals surface area contributed by atoms with Crippen molar-refractivity contribution in [1.82, 2.24) is 0 Å². The van der Waals surface area contributed by atoms with Gasteiger partial charge < -0.3 is 5.11 Å². The number of rotatable bonds is 3. The van der Waals surface area contributed by atoms with E-state index >= 15 is 0 Å². The molecule has 0 saturated heterocycles. The lowest BCUT2D eigenvalue weighted by molar-refractivity contribution is -0.398. The van der Waals surface area contributed by atoms with Crippen molar-refractivity contribution >= 4 is 45.0 Å². The third-order valence-electron chi connectivity index (χ3n) is 3.62. The van der Waals surface area contributed by atoms with Gasteiger partial charge in [0.15, 0.2) is 0 Å². The number of hydrogen-bond acceptors (Lipinski definition) is 5. The SMILES string of the molecule is CC1=NN(c2ccc(Br)cc2)C(=O)/C1=C/c1ccc([O-])c([N+](=O)[O-])c1. The highest BCUT2D eigenvalue weighted by Gasteiger charge is 2.28. The van der Waals surface area contributed by atoms with E-state index in [0.717, 1.165) is 16.6 Å². The number of nitro groups is 1. The summed E-state index contributed by atoms with van der Waals surface area (Å²) in [5.41, 5.74) is 1.27. The molecule has 1 aliphatic rings. The number of hydrogen-bond donors (Lipinski definition) is 0. The van der Waals surface area contributed by atoms with Crippen molar-refractivity contribution < 1.29 is 14.8 Å². The lowest BCUT2D eigenvalue weighted by Gasteiger charge is -2.11. The molecule has 2 aromatic rings. The fraction of sp³-hybridized carbons (Fsp3) is 0.0588. The summed E-state index contributed by atoms with van der Waals surface area (Å²) in [4.78, 5) is 22.8. The van der Waals surface area contributed by atoms with Crippen LogP contribution in [0.15, 0.2) is 57.6 Å². The largest absolute Gasteiger partial charge is 0.868 e. The topological polar surface area (TPSA) is 98.9 Å². The molecule has 0 atom stereocenters. The Balaban J connectivity index is 1.96. The molecular formula is C17H11BrN3O4-. The van der Waals surface area contributed by atoms with Crippen LogP contribution < -0.4 is 10.1 Å². The maximum absolute atomic E-state index is 12.6. The predicted molar refractivity (Wildman–Crippen MR) is 95.3 cm³/mol. The number of carbonyl (C=O) groups excluding carboxylic acids is 1. The highest BCUT2D eigenvalue weighted by molar-refractivity contribution is 9.10. The van der Waals surface area contributed by atoms with Gasteiger partial charge in [-0.2, -0.15) is 10.1 Å². The van der Waals surface area contributed by atoms with E-state index in [4.69, 9.17) is 0 Å². The maximum atomic E-state index is 12.6. The van der Waals surface area contributed by atoms with Gasteiger partial charge in [0.25, 0.3) is 11.6 Å². The van der Waals surface area contributed by atoms with Crippen molar-refractivity contribution in [2.45, 2.75) is 6.92 Å². The van der Waals surface area contributed by atoms with Gasteiger partial charge in [0, 0.05) is 10.5 Å². The molecule has 1 heterocycles. The Kier molecular flexibility index (Phi) is 4.37. The molecule has 1 aliphatic heterocycles. The summed E-state index contributed by atoms with van der Waals surface area (Å²) < 4.78 is 0.879. The Labute approximate surface area is 151 Å². The fourth-order valence-electron chi connectivity index (χ4n) is 2.38. The van der Waals surface area contributed by atoms with Gasteiger partial charge in [-0.3, -0.25) is 14.9 Å². The summed E-state index contributed by atoms with van der Waals surface area (Å²) >= 11 is 3.33. The van der Waals surface area contributed by atoms with Crippen LogP contribution in [0, 0.1) is 10.1 Å². The number of hydrazone groups is 1. The van der Waals surface area contributed by atoms with Crippen molar-refractivity contribution in [2.75, 3.05) is 5.01 Å². The van der Waals surface area contributed by atoms with Gasteiger partial charge >= 0.3 is 0 Å². The van der Waals surface area contributed by atoms with Gasteiger partial charge in [0.05, 0.1) is 21.9 Å². The van der Waals surface area contributed by atoms with Crippen LogP contribution >= 0.6 is 15.9 Å². The molecule has 126 valence electrons. The number of nitrogens with zero attached hydrogens (tertiary/aromatic N) is 3. The monoisotopic (exact) mass is 400 g/mol. The van der Waals surface area contributed by atoms with Crippen LogP contribution in [-0.2, 0) is 4.79 Å². The first-order valence-electron chi connectivity index (χ1n) is 7.19. The normalized spacial score (nSPS) is 15.6. The quantitative estimate of drug-likeness (QED) is 0.448. The van der Waals surface area contributed by atoms with Gasteiger partial charge in [0.2, 0.25) is 0 Å². The van der Waals surface area contributed by atoms with Gasteiger partial charge in [-0.25, -0.2) is 0 Å². The first-order valence-corrected chi connectivity index (χ1v) is 7.99. The first kappa shape index (κ1) is 16.8. The highest BCUT2D eigenvalue weighted by atomic mass is 79.9. The Morgan fingerprint density at radius 3 is 2.52 bits per heavy atom. The molecule has 0 aliphatic carbocycles. The Hall–Kier alpha value is -3.00. The van der Waals surface area contributed by atoms with Crippen molar-refractivity contribution in [2.24, 2.45) is 5.10 Å². The van der Waals surface area contributed by atoms with Crippen LogP contribution in [0.5, 0.6) is 5.75 Å². The molecular weight excluding hydrogens is 390 g/mol. The molecule has 25 heavy (non-hydrogen) atoms. The number of amides is 1. The summed E-state index contributed by atoms with van der Waals surface area (Å²) in [6, 6.07) is 10.8. The van der Waals surface area contributed by atoms with Gasteiger partial charge in [-0.05, 0) is 48.6 Å². The van der Waals surface area contributed by atoms with E-state index in [0.29, 0.717) is 22.5 Å². The molecule has 3 rings (SSSR count). The predicted octanol–water partition coefficient (Wildman–Crippen LogP) is 3.24. The van der Waals surface area contributed by atoms with Crippen LogP contribution in [0.25, 0.3) is 6.08 Å². The highest BCUT2D eigenvalue weighted by Crippen LogP contribution is 2.28. The van der Waals surface area contributed by atoms with Crippen LogP contribution in [-0.4, -0.2) is 16.5 Å². The second-order valence-electron chi connectivity index (χ2n) is 5.32. The lowest BCUT2D eigenvalue weighted by Crippen LogP contribution is -2.21. The molecule has 2 aromatic carbocycles. The van der Waals surface area contributed by atoms with Crippen LogP contribution in [0.3, 0.4) is 0 Å². The second kappa shape index (κ2) is 6.48. The molecule has 0 fully saturated rings. The number of benzene rings is 2. The van der Waals surface area contributed by atoms with E-state index in [9.17, 15) is 20.0 Å². The molecule has 0 bridgehead atoms. The van der Waals surface area contributed by atoms with E-state index in [1.165, 1.54) is 17.2 Å². The average Bonchev–Trinajstić information content (AvgIpc) is 2.85. The number of nitro benzene ring substituents is 1. The standard InChI is InChI=1S/C17H12BrN3O4/c1-10-14(8-11-2-7-16(22)15(9-11)21(24)25)17(23)20(19-10)13-5-3-12(18)4-6-13/h2-9,22H,1H3/p-1/b14-8+. The van der Waals surface area contributed by atoms with Crippen LogP contribution in [0.4, 0.5) is 11.4 Å². The van der Waals surface area contributed by atoms with Gasteiger partial charge in [-0.1, -0.05) is 28.1 Å². The number of carbonyl (C=O) groups is 1. The minimum Gasteiger partial charge on any atom is -0.868 e. The zero-order valence-electron chi connectivity index (χ0n) is 13.0. The van der Waals surface area contributed by atoms with Crippen molar-refractivity contribution in [3.63, 3.8) is 0 Å². The molecule has 0 radical (unpaired) electrons. The summed E-state index contributed by atoms with van der Waals surface area (Å²) in [6.07, 6.45) is 1.49. The zero-order chi connectivity index (χ0) is 18.1. The fourth-order valence-corrected chi connectivity index (χ4v) is 2.64. The summed E-state index contributed by atoms with van der Waals surface area (Å²) in [5, 5.41) is 27.9. The van der Waals surface area contributed by atoms with Gasteiger partial charge in [-0.15, -0.1) is 0 Å². The molecule has 0 saturated carbocycles. The summed E-state index contributed by atoms with van der Waals surface area (Å²) in [7, 11) is 0. The molecule has 7 nitrogen and oxygen atoms in total. The second-order valence-corrected chi connectivity index (χ2v) is 6.24. The van der Waals surface area contributed by atoms with E-state index in [-0.39, 0.29) is 5.91 Å². The van der Waals surface area contributed by atoms with Crippen LogP contribution in [0.1, 0.15) is 12.5 Å². The Bertz CT molecular complexity index is 935. The van der Waals surface area contributed by atoms with Crippen molar-refractivity contribution in [1.29, 1.82) is 0 Å². The van der Waals surface area contributed by atoms with E-state index in [1.807, 2.05) is 0 Å². The van der Waals surface area contributed by atoms with Gasteiger partial charge in [0.1, 0.15) is 0 Å². The smallest absolute Gasteiger partial charge is 0.280 e. The van der Waals surface area contributed by atoms with E-state index in [2.05, 4.69) is 21.0 Å². The summed E-state index contributed by atoms with van der Waals surface area (Å²) in [6.45, 7) is 1.68. The molecule has 1 amide bonds. The van der Waals surface area contributed by atoms with Crippen LogP contribution in [0.2, 0.25) is 0 Å².